The number of fused-ring (bicyclic) bond motifs is 6. The van der Waals surface area contributed by atoms with Gasteiger partial charge in [0.05, 0.1) is 11.2 Å². The van der Waals surface area contributed by atoms with Crippen molar-refractivity contribution in [2.24, 2.45) is 17.3 Å². The highest BCUT2D eigenvalue weighted by Gasteiger charge is 2.73. The standard InChI is InChI=1S/C30H51N3S/c1-21-25-26(32-31-21)28(4,5)29(6)24-20-16-12-11-15-19-23(24)27(2,3)30(25,7)33(29)34-22-17-13-9-8-10-14-18-22/h22-24H,8-20H2,1-7H3,(H,31,32). The third-order valence-corrected chi connectivity index (χ3v) is 13.3. The molecule has 0 amide bonds. The van der Waals surface area contributed by atoms with Crippen molar-refractivity contribution in [3.63, 3.8) is 0 Å². The predicted molar refractivity (Wildman–Crippen MR) is 146 cm³/mol. The molecule has 4 unspecified atom stereocenters. The zero-order valence-electron chi connectivity index (χ0n) is 23.2. The Morgan fingerprint density at radius 2 is 1.29 bits per heavy atom. The van der Waals surface area contributed by atoms with Gasteiger partial charge in [0, 0.05) is 27.5 Å². The summed E-state index contributed by atoms with van der Waals surface area (Å²) in [5.74, 6) is 1.48. The lowest BCUT2D eigenvalue weighted by molar-refractivity contribution is -0.184. The molecule has 1 saturated heterocycles. The van der Waals surface area contributed by atoms with E-state index in [1.165, 1.54) is 100 Å². The fourth-order valence-corrected chi connectivity index (χ4v) is 11.0. The van der Waals surface area contributed by atoms with Gasteiger partial charge in [0.1, 0.15) is 0 Å². The van der Waals surface area contributed by atoms with Crippen LogP contribution in [0.5, 0.6) is 0 Å². The van der Waals surface area contributed by atoms with Gasteiger partial charge in [0.15, 0.2) is 0 Å². The molecule has 34 heavy (non-hydrogen) atoms. The summed E-state index contributed by atoms with van der Waals surface area (Å²) in [6.45, 7) is 17.9. The maximum Gasteiger partial charge on any atom is 0.0751 e. The number of hydrogen-bond acceptors (Lipinski definition) is 3. The van der Waals surface area contributed by atoms with Crippen molar-refractivity contribution in [2.75, 3.05) is 0 Å². The van der Waals surface area contributed by atoms with Crippen LogP contribution in [0.3, 0.4) is 0 Å². The SMILES string of the molecule is Cc1[nH]nc2c1C1(C)N(SC3CCCCCCC3)C(C)(C3CCCCCCC3C1(C)C)C2(C)C. The first-order valence-electron chi connectivity index (χ1n) is 14.6. The molecule has 1 aromatic rings. The highest BCUT2D eigenvalue weighted by Crippen LogP contribution is 2.71. The number of nitrogens with zero attached hydrogens (tertiary/aromatic N) is 2. The Kier molecular flexibility index (Phi) is 6.53. The van der Waals surface area contributed by atoms with E-state index in [1.807, 2.05) is 0 Å². The fraction of sp³-hybridized carbons (Fsp3) is 0.900. The molecule has 1 N–H and O–H groups in total. The molecule has 1 aromatic heterocycles. The maximum absolute atomic E-state index is 5.07. The summed E-state index contributed by atoms with van der Waals surface area (Å²) in [5.41, 5.74) is 4.48. The lowest BCUT2D eigenvalue weighted by atomic mass is 9.43. The van der Waals surface area contributed by atoms with E-state index in [-0.39, 0.29) is 21.9 Å². The van der Waals surface area contributed by atoms with Crippen molar-refractivity contribution in [1.29, 1.82) is 0 Å². The number of piperidine rings is 1. The molecular formula is C30H51N3S. The van der Waals surface area contributed by atoms with Crippen LogP contribution < -0.4 is 0 Å². The Bertz CT molecular complexity index is 880. The highest BCUT2D eigenvalue weighted by atomic mass is 32.2. The van der Waals surface area contributed by atoms with Gasteiger partial charge in [-0.1, -0.05) is 97.4 Å². The number of aromatic nitrogens is 2. The quantitative estimate of drug-likeness (QED) is 0.425. The van der Waals surface area contributed by atoms with E-state index in [0.29, 0.717) is 0 Å². The summed E-state index contributed by atoms with van der Waals surface area (Å²) < 4.78 is 3.04. The van der Waals surface area contributed by atoms with Crippen LogP contribution in [0.2, 0.25) is 0 Å². The highest BCUT2D eigenvalue weighted by molar-refractivity contribution is 7.97. The average Bonchev–Trinajstić information content (AvgIpc) is 3.13. The van der Waals surface area contributed by atoms with Crippen molar-refractivity contribution < 1.29 is 0 Å². The summed E-state index contributed by atoms with van der Waals surface area (Å²) >= 11 is 2.29. The second-order valence-electron chi connectivity index (χ2n) is 13.7. The van der Waals surface area contributed by atoms with Crippen LogP contribution >= 0.6 is 11.9 Å². The molecule has 0 radical (unpaired) electrons. The largest absolute Gasteiger partial charge is 0.282 e. The van der Waals surface area contributed by atoms with Crippen LogP contribution in [-0.2, 0) is 11.0 Å². The van der Waals surface area contributed by atoms with Gasteiger partial charge in [-0.25, -0.2) is 4.31 Å². The second-order valence-corrected chi connectivity index (χ2v) is 15.0. The summed E-state index contributed by atoms with van der Waals surface area (Å²) in [5, 5.41) is 9.32. The Morgan fingerprint density at radius 3 is 1.91 bits per heavy atom. The van der Waals surface area contributed by atoms with Crippen molar-refractivity contribution in [3.05, 3.63) is 17.0 Å². The average molecular weight is 486 g/mol. The van der Waals surface area contributed by atoms with Crippen LogP contribution in [0.1, 0.15) is 142 Å². The number of aryl methyl sites for hydroxylation is 1. The Balaban J connectivity index is 1.70. The predicted octanol–water partition coefficient (Wildman–Crippen LogP) is 8.67. The molecule has 2 aliphatic carbocycles. The van der Waals surface area contributed by atoms with Gasteiger partial charge in [0.25, 0.3) is 0 Å². The Morgan fingerprint density at radius 1 is 0.765 bits per heavy atom. The minimum absolute atomic E-state index is 0.0137. The third kappa shape index (κ3) is 3.36. The van der Waals surface area contributed by atoms with E-state index < -0.39 is 0 Å². The zero-order valence-corrected chi connectivity index (χ0v) is 24.0. The van der Waals surface area contributed by atoms with Crippen molar-refractivity contribution >= 4 is 11.9 Å². The van der Waals surface area contributed by atoms with Gasteiger partial charge < -0.3 is 0 Å². The summed E-state index contributed by atoms with van der Waals surface area (Å²) in [6.07, 6.45) is 18.3. The lowest BCUT2D eigenvalue weighted by Gasteiger charge is -2.74. The number of aromatic amines is 1. The van der Waals surface area contributed by atoms with Crippen LogP contribution in [0.25, 0.3) is 0 Å². The van der Waals surface area contributed by atoms with E-state index in [1.54, 1.807) is 0 Å². The lowest BCUT2D eigenvalue weighted by Crippen LogP contribution is -2.78. The maximum atomic E-state index is 5.07. The van der Waals surface area contributed by atoms with Gasteiger partial charge >= 0.3 is 0 Å². The first-order chi connectivity index (χ1) is 16.1. The molecule has 0 spiro atoms. The van der Waals surface area contributed by atoms with Gasteiger partial charge in [-0.05, 0) is 63.7 Å². The normalized spacial score (nSPS) is 38.7. The molecule has 2 aliphatic heterocycles. The molecular weight excluding hydrogens is 434 g/mol. The smallest absolute Gasteiger partial charge is 0.0751 e. The Hall–Kier alpha value is -0.480. The van der Waals surface area contributed by atoms with Gasteiger partial charge in [-0.15, -0.1) is 0 Å². The van der Waals surface area contributed by atoms with Crippen LogP contribution in [-0.4, -0.2) is 25.3 Å². The van der Waals surface area contributed by atoms with E-state index in [9.17, 15) is 0 Å². The molecule has 4 atom stereocenters. The van der Waals surface area contributed by atoms with Gasteiger partial charge in [-0.2, -0.15) is 5.10 Å². The van der Waals surface area contributed by atoms with Crippen molar-refractivity contribution in [2.45, 2.75) is 154 Å². The molecule has 4 heteroatoms. The number of hydrogen-bond donors (Lipinski definition) is 1. The second kappa shape index (κ2) is 8.82. The monoisotopic (exact) mass is 485 g/mol. The van der Waals surface area contributed by atoms with Crippen molar-refractivity contribution in [1.82, 2.24) is 14.5 Å². The minimum atomic E-state index is -0.0168. The van der Waals surface area contributed by atoms with Crippen molar-refractivity contribution in [3.8, 4) is 0 Å². The van der Waals surface area contributed by atoms with E-state index in [4.69, 9.17) is 5.10 Å². The molecule has 3 nitrogen and oxygen atoms in total. The first-order valence-corrected chi connectivity index (χ1v) is 15.4. The Labute approximate surface area is 214 Å². The molecule has 192 valence electrons. The van der Waals surface area contributed by atoms with Gasteiger partial charge in [0.2, 0.25) is 0 Å². The number of rotatable bonds is 2. The third-order valence-electron chi connectivity index (χ3n) is 11.6. The fourth-order valence-electron chi connectivity index (χ4n) is 9.00. The van der Waals surface area contributed by atoms with E-state index in [2.05, 4.69) is 69.8 Å². The molecule has 3 fully saturated rings. The zero-order chi connectivity index (χ0) is 24.4. The van der Waals surface area contributed by atoms with Gasteiger partial charge in [-0.3, -0.25) is 5.10 Å². The van der Waals surface area contributed by atoms with E-state index in [0.717, 1.165) is 17.1 Å². The number of nitrogens with one attached hydrogen (secondary N) is 1. The molecule has 4 aliphatic rings. The summed E-state index contributed by atoms with van der Waals surface area (Å²) in [7, 11) is 0. The topological polar surface area (TPSA) is 31.9 Å². The van der Waals surface area contributed by atoms with Crippen LogP contribution in [0, 0.1) is 24.2 Å². The first kappa shape index (κ1) is 25.2. The molecule has 0 aromatic carbocycles. The number of H-pyrrole nitrogens is 1. The van der Waals surface area contributed by atoms with Crippen LogP contribution in [0.15, 0.2) is 0 Å². The summed E-state index contributed by atoms with van der Waals surface area (Å²) in [6, 6.07) is 0. The molecule has 3 heterocycles. The molecule has 2 saturated carbocycles. The minimum Gasteiger partial charge on any atom is -0.282 e. The summed E-state index contributed by atoms with van der Waals surface area (Å²) in [4.78, 5) is 0. The van der Waals surface area contributed by atoms with Crippen LogP contribution in [0.4, 0.5) is 0 Å². The molecule has 5 rings (SSSR count). The molecule has 2 bridgehead atoms. The van der Waals surface area contributed by atoms with E-state index >= 15 is 0 Å².